The summed E-state index contributed by atoms with van der Waals surface area (Å²) in [5, 5.41) is 16.4. The summed E-state index contributed by atoms with van der Waals surface area (Å²) in [6.07, 6.45) is -0.907. The van der Waals surface area contributed by atoms with Gasteiger partial charge in [-0.25, -0.2) is 0 Å². The number of hydrogen-bond acceptors (Lipinski definition) is 5. The number of aliphatic hydroxyl groups excluding tert-OH is 1. The molecular weight excluding hydrogens is 370 g/mol. The minimum atomic E-state index is -1.36. The van der Waals surface area contributed by atoms with E-state index in [2.05, 4.69) is 10.6 Å². The van der Waals surface area contributed by atoms with Crippen LogP contribution in [0, 0.1) is 11.8 Å². The van der Waals surface area contributed by atoms with Gasteiger partial charge in [-0.1, -0.05) is 48.5 Å². The second-order valence-corrected chi connectivity index (χ2v) is 7.97. The Morgan fingerprint density at radius 1 is 1.03 bits per heavy atom. The van der Waals surface area contributed by atoms with E-state index in [-0.39, 0.29) is 24.3 Å². The molecular formula is C22H21N3O4. The first-order valence-corrected chi connectivity index (χ1v) is 9.71. The van der Waals surface area contributed by atoms with Gasteiger partial charge in [-0.15, -0.1) is 0 Å². The molecule has 0 bridgehead atoms. The van der Waals surface area contributed by atoms with Gasteiger partial charge in [-0.05, 0) is 18.6 Å². The highest BCUT2D eigenvalue weighted by Gasteiger charge is 2.70. The van der Waals surface area contributed by atoms with Crippen LogP contribution in [0.4, 0.5) is 5.69 Å². The van der Waals surface area contributed by atoms with Crippen molar-refractivity contribution in [2.75, 3.05) is 5.32 Å². The Hall–Kier alpha value is -3.03. The Morgan fingerprint density at radius 2 is 1.72 bits per heavy atom. The number of fused-ring (bicyclic) bond motifs is 4. The third-order valence-electron chi connectivity index (χ3n) is 6.35. The molecule has 2 aromatic carbocycles. The Kier molecular flexibility index (Phi) is 3.88. The van der Waals surface area contributed by atoms with Crippen LogP contribution >= 0.6 is 0 Å². The van der Waals surface area contributed by atoms with Gasteiger partial charge >= 0.3 is 0 Å². The second kappa shape index (κ2) is 6.23. The number of imide groups is 1. The number of benzene rings is 2. The predicted molar refractivity (Wildman–Crippen MR) is 104 cm³/mol. The molecule has 3 aliphatic rings. The molecule has 0 aliphatic carbocycles. The smallest absolute Gasteiger partial charge is 0.250 e. The molecule has 5 rings (SSSR count). The SMILES string of the molecule is CC(O)[C@@H]1N[C@]2(C(=O)Nc3ccccc32)[C@@H]2C(=O)N(Cc3ccccc3)C(=O)[C@@H]21. The highest BCUT2D eigenvalue weighted by molar-refractivity contribution is 6.15. The number of hydrogen-bond donors (Lipinski definition) is 3. The third kappa shape index (κ3) is 2.34. The number of nitrogens with zero attached hydrogens (tertiary/aromatic N) is 1. The fourth-order valence-corrected chi connectivity index (χ4v) is 5.08. The molecule has 1 unspecified atom stereocenters. The van der Waals surface area contributed by atoms with Crippen LogP contribution in [-0.2, 0) is 26.5 Å². The van der Waals surface area contributed by atoms with Crippen LogP contribution in [-0.4, -0.2) is 39.9 Å². The molecule has 2 saturated heterocycles. The summed E-state index contributed by atoms with van der Waals surface area (Å²) in [6, 6.07) is 15.8. The van der Waals surface area contributed by atoms with Crippen LogP contribution in [0.3, 0.4) is 0 Å². The van der Waals surface area contributed by atoms with E-state index in [9.17, 15) is 19.5 Å². The van der Waals surface area contributed by atoms with Crippen molar-refractivity contribution < 1.29 is 19.5 Å². The van der Waals surface area contributed by atoms with Crippen LogP contribution in [0.2, 0.25) is 0 Å². The quantitative estimate of drug-likeness (QED) is 0.678. The number of amides is 3. The standard InChI is InChI=1S/C22H21N3O4/c1-12(26)18-16-17(20(28)25(19(16)27)11-13-7-3-2-4-8-13)22(24-18)14-9-5-6-10-15(14)23-21(22)29/h2-10,12,16-18,24,26H,11H2,1H3,(H,23,29)/t12?,16-,17-,18-,22-/m0/s1. The zero-order valence-corrected chi connectivity index (χ0v) is 15.8. The molecule has 7 nitrogen and oxygen atoms in total. The molecule has 3 aliphatic heterocycles. The maximum absolute atomic E-state index is 13.5. The molecule has 7 heteroatoms. The average molecular weight is 391 g/mol. The second-order valence-electron chi connectivity index (χ2n) is 7.97. The summed E-state index contributed by atoms with van der Waals surface area (Å²) >= 11 is 0. The zero-order chi connectivity index (χ0) is 20.3. The van der Waals surface area contributed by atoms with Gasteiger partial charge in [-0.2, -0.15) is 0 Å². The molecule has 2 aromatic rings. The Labute approximate surface area is 167 Å². The van der Waals surface area contributed by atoms with E-state index in [0.29, 0.717) is 11.3 Å². The fraction of sp³-hybridized carbons (Fsp3) is 0.318. The highest BCUT2D eigenvalue weighted by Crippen LogP contribution is 2.53. The van der Waals surface area contributed by atoms with Crippen molar-refractivity contribution in [1.29, 1.82) is 0 Å². The molecule has 0 aromatic heterocycles. The summed E-state index contributed by atoms with van der Waals surface area (Å²) < 4.78 is 0. The highest BCUT2D eigenvalue weighted by atomic mass is 16.3. The largest absolute Gasteiger partial charge is 0.392 e. The van der Waals surface area contributed by atoms with Gasteiger partial charge in [0, 0.05) is 17.3 Å². The minimum absolute atomic E-state index is 0.150. The minimum Gasteiger partial charge on any atom is -0.392 e. The number of anilines is 1. The lowest BCUT2D eigenvalue weighted by Crippen LogP contribution is -2.54. The van der Waals surface area contributed by atoms with Gasteiger partial charge < -0.3 is 10.4 Å². The molecule has 3 N–H and O–H groups in total. The van der Waals surface area contributed by atoms with E-state index in [1.807, 2.05) is 30.3 Å². The number of likely N-dealkylation sites (tertiary alicyclic amines) is 1. The lowest BCUT2D eigenvalue weighted by Gasteiger charge is -2.30. The molecule has 0 radical (unpaired) electrons. The third-order valence-corrected chi connectivity index (χ3v) is 6.35. The normalized spacial score (nSPS) is 31.2. The average Bonchev–Trinajstić information content (AvgIpc) is 3.30. The van der Waals surface area contributed by atoms with Crippen LogP contribution < -0.4 is 10.6 Å². The number of aliphatic hydroxyl groups is 1. The fourth-order valence-electron chi connectivity index (χ4n) is 5.08. The van der Waals surface area contributed by atoms with Gasteiger partial charge in [0.05, 0.1) is 24.5 Å². The number of rotatable bonds is 3. The number of carbonyl (C=O) groups is 3. The van der Waals surface area contributed by atoms with Crippen molar-refractivity contribution in [2.45, 2.75) is 31.2 Å². The van der Waals surface area contributed by atoms with Gasteiger partial charge in [0.15, 0.2) is 0 Å². The van der Waals surface area contributed by atoms with Crippen molar-refractivity contribution in [2.24, 2.45) is 11.8 Å². The number of nitrogens with one attached hydrogen (secondary N) is 2. The van der Waals surface area contributed by atoms with Crippen molar-refractivity contribution in [3.8, 4) is 0 Å². The predicted octanol–water partition coefficient (Wildman–Crippen LogP) is 0.988. The molecule has 3 amide bonds. The van der Waals surface area contributed by atoms with Gasteiger partial charge in [-0.3, -0.25) is 24.6 Å². The number of carbonyl (C=O) groups excluding carboxylic acids is 3. The summed E-state index contributed by atoms with van der Waals surface area (Å²) in [5.74, 6) is -2.80. The van der Waals surface area contributed by atoms with Gasteiger partial charge in [0.1, 0.15) is 5.54 Å². The van der Waals surface area contributed by atoms with Gasteiger partial charge in [0.2, 0.25) is 17.7 Å². The molecule has 3 heterocycles. The van der Waals surface area contributed by atoms with Crippen LogP contribution in [0.5, 0.6) is 0 Å². The van der Waals surface area contributed by atoms with E-state index in [4.69, 9.17) is 0 Å². The summed E-state index contributed by atoms with van der Waals surface area (Å²) in [5.41, 5.74) is 0.741. The van der Waals surface area contributed by atoms with Crippen molar-refractivity contribution in [3.05, 3.63) is 65.7 Å². The van der Waals surface area contributed by atoms with Crippen LogP contribution in [0.15, 0.2) is 54.6 Å². The Morgan fingerprint density at radius 3 is 2.45 bits per heavy atom. The van der Waals surface area contributed by atoms with Gasteiger partial charge in [0.25, 0.3) is 0 Å². The maximum Gasteiger partial charge on any atom is 0.250 e. The van der Waals surface area contributed by atoms with E-state index in [1.165, 1.54) is 4.90 Å². The van der Waals surface area contributed by atoms with E-state index < -0.39 is 29.5 Å². The molecule has 29 heavy (non-hydrogen) atoms. The summed E-state index contributed by atoms with van der Waals surface area (Å²) in [7, 11) is 0. The monoisotopic (exact) mass is 391 g/mol. The van der Waals surface area contributed by atoms with E-state index >= 15 is 0 Å². The molecule has 1 spiro atoms. The van der Waals surface area contributed by atoms with Crippen molar-refractivity contribution in [3.63, 3.8) is 0 Å². The maximum atomic E-state index is 13.5. The summed E-state index contributed by atoms with van der Waals surface area (Å²) in [4.78, 5) is 41.2. The van der Waals surface area contributed by atoms with Crippen molar-refractivity contribution >= 4 is 23.4 Å². The van der Waals surface area contributed by atoms with Crippen LogP contribution in [0.1, 0.15) is 18.1 Å². The Bertz CT molecular complexity index is 1020. The Balaban J connectivity index is 1.62. The number of para-hydroxylation sites is 1. The molecule has 148 valence electrons. The molecule has 0 saturated carbocycles. The lowest BCUT2D eigenvalue weighted by molar-refractivity contribution is -0.143. The van der Waals surface area contributed by atoms with Crippen LogP contribution in [0.25, 0.3) is 0 Å². The first-order valence-electron chi connectivity index (χ1n) is 9.71. The molecule has 5 atom stereocenters. The van der Waals surface area contributed by atoms with Crippen molar-refractivity contribution in [1.82, 2.24) is 10.2 Å². The summed E-state index contributed by atoms with van der Waals surface area (Å²) in [6.45, 7) is 1.72. The van der Waals surface area contributed by atoms with E-state index in [1.54, 1.807) is 31.2 Å². The lowest BCUT2D eigenvalue weighted by atomic mass is 9.76. The first-order chi connectivity index (χ1) is 13.9. The van der Waals surface area contributed by atoms with E-state index in [0.717, 1.165) is 5.56 Å². The zero-order valence-electron chi connectivity index (χ0n) is 15.8. The topological polar surface area (TPSA) is 98.7 Å². The first kappa shape index (κ1) is 18.0. The molecule has 2 fully saturated rings.